The average molecular weight is 298 g/mol. The standard InChI is InChI=1S/C17H15FN2O2/c18-14-3-1-2-12(9-14)17(22)19-7-6-11-4-5-15-13(8-11)10-16(21)20-15/h1-5,8-9H,6-7,10H2,(H,19,22)(H,20,21). The van der Waals surface area contributed by atoms with Crippen molar-refractivity contribution >= 4 is 17.5 Å². The molecule has 0 radical (unpaired) electrons. The first-order valence-corrected chi connectivity index (χ1v) is 7.07. The van der Waals surface area contributed by atoms with Crippen molar-refractivity contribution in [3.8, 4) is 0 Å². The highest BCUT2D eigenvalue weighted by Crippen LogP contribution is 2.23. The molecule has 2 N–H and O–H groups in total. The summed E-state index contributed by atoms with van der Waals surface area (Å²) in [5.41, 5.74) is 3.20. The Hall–Kier alpha value is -2.69. The molecule has 0 atom stereocenters. The highest BCUT2D eigenvalue weighted by Gasteiger charge is 2.17. The van der Waals surface area contributed by atoms with Crippen molar-refractivity contribution in [2.45, 2.75) is 12.8 Å². The van der Waals surface area contributed by atoms with Crippen molar-refractivity contribution in [1.82, 2.24) is 5.32 Å². The van der Waals surface area contributed by atoms with Crippen LogP contribution in [0.15, 0.2) is 42.5 Å². The van der Waals surface area contributed by atoms with Crippen LogP contribution in [0.1, 0.15) is 21.5 Å². The van der Waals surface area contributed by atoms with Gasteiger partial charge in [0.2, 0.25) is 5.91 Å². The Balaban J connectivity index is 1.56. The maximum Gasteiger partial charge on any atom is 0.251 e. The van der Waals surface area contributed by atoms with Crippen LogP contribution in [-0.2, 0) is 17.6 Å². The van der Waals surface area contributed by atoms with Crippen LogP contribution in [0.5, 0.6) is 0 Å². The second-order valence-electron chi connectivity index (χ2n) is 5.23. The molecule has 0 unspecified atom stereocenters. The highest BCUT2D eigenvalue weighted by molar-refractivity contribution is 5.99. The molecule has 1 aliphatic heterocycles. The summed E-state index contributed by atoms with van der Waals surface area (Å²) in [7, 11) is 0. The Morgan fingerprint density at radius 1 is 1.23 bits per heavy atom. The minimum atomic E-state index is -0.427. The van der Waals surface area contributed by atoms with Crippen LogP contribution in [0, 0.1) is 5.82 Å². The molecule has 22 heavy (non-hydrogen) atoms. The number of benzene rings is 2. The van der Waals surface area contributed by atoms with Crippen LogP contribution in [0.3, 0.4) is 0 Å². The minimum absolute atomic E-state index is 0.00607. The summed E-state index contributed by atoms with van der Waals surface area (Å²) < 4.78 is 13.1. The van der Waals surface area contributed by atoms with Gasteiger partial charge in [0.25, 0.3) is 5.91 Å². The van der Waals surface area contributed by atoms with Crippen molar-refractivity contribution in [2.24, 2.45) is 0 Å². The van der Waals surface area contributed by atoms with Crippen LogP contribution >= 0.6 is 0 Å². The number of carbonyl (C=O) groups is 2. The molecule has 5 heteroatoms. The van der Waals surface area contributed by atoms with E-state index in [9.17, 15) is 14.0 Å². The van der Waals surface area contributed by atoms with E-state index >= 15 is 0 Å². The molecule has 112 valence electrons. The first-order chi connectivity index (χ1) is 10.6. The SMILES string of the molecule is O=C1Cc2cc(CCNC(=O)c3cccc(F)c3)ccc2N1. The zero-order chi connectivity index (χ0) is 15.5. The van der Waals surface area contributed by atoms with Gasteiger partial charge in [-0.05, 0) is 41.8 Å². The number of hydrogen-bond acceptors (Lipinski definition) is 2. The lowest BCUT2D eigenvalue weighted by Gasteiger charge is -2.07. The highest BCUT2D eigenvalue weighted by atomic mass is 19.1. The van der Waals surface area contributed by atoms with Crippen molar-refractivity contribution in [2.75, 3.05) is 11.9 Å². The van der Waals surface area contributed by atoms with Crippen LogP contribution in [-0.4, -0.2) is 18.4 Å². The van der Waals surface area contributed by atoms with Crippen molar-refractivity contribution in [3.05, 3.63) is 65.0 Å². The van der Waals surface area contributed by atoms with Gasteiger partial charge in [0.05, 0.1) is 6.42 Å². The molecule has 1 aliphatic rings. The van der Waals surface area contributed by atoms with Gasteiger partial charge in [0, 0.05) is 17.8 Å². The van der Waals surface area contributed by atoms with E-state index in [-0.39, 0.29) is 11.8 Å². The first-order valence-electron chi connectivity index (χ1n) is 7.07. The number of amides is 2. The Morgan fingerprint density at radius 2 is 2.09 bits per heavy atom. The predicted octanol–water partition coefficient (Wildman–Crippen LogP) is 2.29. The zero-order valence-corrected chi connectivity index (χ0v) is 11.9. The van der Waals surface area contributed by atoms with E-state index in [1.165, 1.54) is 18.2 Å². The number of nitrogens with one attached hydrogen (secondary N) is 2. The second-order valence-corrected chi connectivity index (χ2v) is 5.23. The maximum atomic E-state index is 13.1. The fourth-order valence-corrected chi connectivity index (χ4v) is 2.49. The van der Waals surface area contributed by atoms with Gasteiger partial charge in [-0.2, -0.15) is 0 Å². The summed E-state index contributed by atoms with van der Waals surface area (Å²) in [6, 6.07) is 11.4. The van der Waals surface area contributed by atoms with E-state index in [4.69, 9.17) is 0 Å². The third-order valence-electron chi connectivity index (χ3n) is 3.58. The summed E-state index contributed by atoms with van der Waals surface area (Å²) in [6.45, 7) is 0.454. The molecule has 3 rings (SSSR count). The van der Waals surface area contributed by atoms with Crippen LogP contribution in [0.25, 0.3) is 0 Å². The van der Waals surface area contributed by atoms with E-state index in [1.54, 1.807) is 6.07 Å². The molecule has 0 fully saturated rings. The quantitative estimate of drug-likeness (QED) is 0.910. The molecule has 2 aromatic carbocycles. The topological polar surface area (TPSA) is 58.2 Å². The maximum absolute atomic E-state index is 13.1. The summed E-state index contributed by atoms with van der Waals surface area (Å²) in [6.07, 6.45) is 1.06. The van der Waals surface area contributed by atoms with E-state index in [1.807, 2.05) is 18.2 Å². The summed E-state index contributed by atoms with van der Waals surface area (Å²) in [5.74, 6) is -0.715. The summed E-state index contributed by atoms with van der Waals surface area (Å²) in [4.78, 5) is 23.2. The number of fused-ring (bicyclic) bond motifs is 1. The molecule has 2 aromatic rings. The lowest BCUT2D eigenvalue weighted by atomic mass is 10.1. The lowest BCUT2D eigenvalue weighted by molar-refractivity contribution is -0.115. The third kappa shape index (κ3) is 3.14. The average Bonchev–Trinajstić information content (AvgIpc) is 2.86. The monoisotopic (exact) mass is 298 g/mol. The van der Waals surface area contributed by atoms with E-state index in [0.717, 1.165) is 16.8 Å². The fraction of sp³-hybridized carbons (Fsp3) is 0.176. The molecule has 0 aliphatic carbocycles. The van der Waals surface area contributed by atoms with Gasteiger partial charge in [-0.3, -0.25) is 9.59 Å². The summed E-state index contributed by atoms with van der Waals surface area (Å²) in [5, 5.41) is 5.54. The van der Waals surface area contributed by atoms with Crippen molar-refractivity contribution in [1.29, 1.82) is 0 Å². The molecule has 2 amide bonds. The molecule has 1 heterocycles. The molecule has 0 saturated heterocycles. The Bertz CT molecular complexity index is 743. The van der Waals surface area contributed by atoms with Crippen molar-refractivity contribution < 1.29 is 14.0 Å². The lowest BCUT2D eigenvalue weighted by Crippen LogP contribution is -2.25. The minimum Gasteiger partial charge on any atom is -0.352 e. The molecule has 0 bridgehead atoms. The predicted molar refractivity (Wildman–Crippen MR) is 81.2 cm³/mol. The van der Waals surface area contributed by atoms with E-state index < -0.39 is 5.82 Å². The normalized spacial score (nSPS) is 12.7. The second kappa shape index (κ2) is 5.97. The number of rotatable bonds is 4. The number of hydrogen-bond donors (Lipinski definition) is 2. The van der Waals surface area contributed by atoms with Gasteiger partial charge >= 0.3 is 0 Å². The Morgan fingerprint density at radius 3 is 2.91 bits per heavy atom. The van der Waals surface area contributed by atoms with Gasteiger partial charge in [-0.25, -0.2) is 4.39 Å². The summed E-state index contributed by atoms with van der Waals surface area (Å²) >= 11 is 0. The molecule has 0 aromatic heterocycles. The van der Waals surface area contributed by atoms with Crippen LogP contribution in [0.4, 0.5) is 10.1 Å². The van der Waals surface area contributed by atoms with E-state index in [0.29, 0.717) is 24.9 Å². The largest absolute Gasteiger partial charge is 0.352 e. The number of carbonyl (C=O) groups excluding carboxylic acids is 2. The van der Waals surface area contributed by atoms with E-state index in [2.05, 4.69) is 10.6 Å². The van der Waals surface area contributed by atoms with Gasteiger partial charge in [0.1, 0.15) is 5.82 Å². The van der Waals surface area contributed by atoms with Gasteiger partial charge in [0.15, 0.2) is 0 Å². The molecule has 0 saturated carbocycles. The molecule has 0 spiro atoms. The van der Waals surface area contributed by atoms with Gasteiger partial charge in [-0.15, -0.1) is 0 Å². The van der Waals surface area contributed by atoms with Crippen LogP contribution in [0.2, 0.25) is 0 Å². The fourth-order valence-electron chi connectivity index (χ4n) is 2.49. The first kappa shape index (κ1) is 14.3. The van der Waals surface area contributed by atoms with Gasteiger partial charge < -0.3 is 10.6 Å². The number of halogens is 1. The third-order valence-corrected chi connectivity index (χ3v) is 3.58. The van der Waals surface area contributed by atoms with Crippen LogP contribution < -0.4 is 10.6 Å². The smallest absolute Gasteiger partial charge is 0.251 e. The van der Waals surface area contributed by atoms with Gasteiger partial charge in [-0.1, -0.05) is 18.2 Å². The Labute approximate surface area is 127 Å². The number of anilines is 1. The Kier molecular flexibility index (Phi) is 3.87. The zero-order valence-electron chi connectivity index (χ0n) is 11.9. The molecular weight excluding hydrogens is 283 g/mol. The van der Waals surface area contributed by atoms with Crippen molar-refractivity contribution in [3.63, 3.8) is 0 Å². The molecule has 4 nitrogen and oxygen atoms in total. The molecular formula is C17H15FN2O2.